The van der Waals surface area contributed by atoms with E-state index in [9.17, 15) is 9.18 Å². The van der Waals surface area contributed by atoms with Gasteiger partial charge in [-0.3, -0.25) is 4.79 Å². The number of ether oxygens (including phenoxy) is 2. The van der Waals surface area contributed by atoms with Gasteiger partial charge in [0.2, 0.25) is 5.82 Å². The van der Waals surface area contributed by atoms with Crippen LogP contribution < -0.4 is 15.0 Å². The predicted octanol–water partition coefficient (Wildman–Crippen LogP) is 7.02. The Kier molecular flexibility index (Phi) is 7.04. The van der Waals surface area contributed by atoms with Crippen LogP contribution in [0, 0.1) is 9.39 Å². The summed E-state index contributed by atoms with van der Waals surface area (Å²) in [6, 6.07) is 26.6. The minimum atomic E-state index is -0.338. The highest BCUT2D eigenvalue weighted by atomic mass is 127. The van der Waals surface area contributed by atoms with E-state index in [-0.39, 0.29) is 23.8 Å². The third-order valence-electron chi connectivity index (χ3n) is 6.30. The standard InChI is InChI=1S/C31H21FIN3O4/c1-38-27-15-19(14-24(33)29(27)39-18-21-9-2-5-11-23(21)32)17-34-36-30(28-16-20-8-3-7-13-26(20)40-28)35-25-12-6-4-10-22(25)31(36)37/h2-17H,18H2,1H3. The van der Waals surface area contributed by atoms with Crippen molar-refractivity contribution in [2.45, 2.75) is 6.61 Å². The Bertz CT molecular complexity index is 1930. The minimum absolute atomic E-state index is 0.0471. The second-order valence-corrected chi connectivity index (χ2v) is 10.0. The van der Waals surface area contributed by atoms with Crippen molar-refractivity contribution in [3.63, 3.8) is 0 Å². The molecule has 9 heteroatoms. The van der Waals surface area contributed by atoms with Crippen LogP contribution in [0.1, 0.15) is 11.1 Å². The first-order valence-corrected chi connectivity index (χ1v) is 13.4. The quantitative estimate of drug-likeness (QED) is 0.138. The topological polar surface area (TPSA) is 78.9 Å². The SMILES string of the molecule is COc1cc(C=Nn2c(-c3cc4ccccc4o3)nc3ccccc3c2=O)cc(I)c1OCc1ccccc1F. The molecule has 0 atom stereocenters. The van der Waals surface area contributed by atoms with Gasteiger partial charge in [0.1, 0.15) is 18.0 Å². The number of furan rings is 1. The molecule has 0 saturated heterocycles. The van der Waals surface area contributed by atoms with Crippen molar-refractivity contribution in [1.82, 2.24) is 9.66 Å². The molecule has 2 heterocycles. The second-order valence-electron chi connectivity index (χ2n) is 8.88. The third kappa shape index (κ3) is 4.95. The Morgan fingerprint density at radius 1 is 1.02 bits per heavy atom. The van der Waals surface area contributed by atoms with Crippen molar-refractivity contribution in [2.75, 3.05) is 7.11 Å². The van der Waals surface area contributed by atoms with E-state index < -0.39 is 0 Å². The second kappa shape index (κ2) is 10.9. The molecule has 4 aromatic carbocycles. The molecular weight excluding hydrogens is 624 g/mol. The summed E-state index contributed by atoms with van der Waals surface area (Å²) >= 11 is 2.13. The van der Waals surface area contributed by atoms with Crippen LogP contribution in [-0.2, 0) is 6.61 Å². The number of para-hydroxylation sites is 2. The predicted molar refractivity (Wildman–Crippen MR) is 161 cm³/mol. The molecule has 2 aromatic heterocycles. The summed E-state index contributed by atoms with van der Waals surface area (Å²) in [4.78, 5) is 18.3. The molecule has 0 spiro atoms. The lowest BCUT2D eigenvalue weighted by molar-refractivity contribution is 0.277. The number of methoxy groups -OCH3 is 1. The molecule has 0 N–H and O–H groups in total. The van der Waals surface area contributed by atoms with Gasteiger partial charge in [-0.1, -0.05) is 48.5 Å². The van der Waals surface area contributed by atoms with Gasteiger partial charge < -0.3 is 13.9 Å². The van der Waals surface area contributed by atoms with E-state index in [1.807, 2.05) is 42.5 Å². The summed E-state index contributed by atoms with van der Waals surface area (Å²) in [6.07, 6.45) is 1.55. The third-order valence-corrected chi connectivity index (χ3v) is 7.10. The van der Waals surface area contributed by atoms with Gasteiger partial charge in [-0.25, -0.2) is 9.37 Å². The maximum absolute atomic E-state index is 14.1. The van der Waals surface area contributed by atoms with Crippen molar-refractivity contribution in [3.8, 4) is 23.1 Å². The lowest BCUT2D eigenvalue weighted by atomic mass is 10.2. The van der Waals surface area contributed by atoms with Gasteiger partial charge in [0.25, 0.3) is 5.56 Å². The van der Waals surface area contributed by atoms with Crippen LogP contribution >= 0.6 is 22.6 Å². The molecule has 7 nitrogen and oxygen atoms in total. The van der Waals surface area contributed by atoms with Gasteiger partial charge in [-0.05, 0) is 70.6 Å². The number of benzene rings is 4. The van der Waals surface area contributed by atoms with Crippen LogP contribution in [0.4, 0.5) is 4.39 Å². The molecule has 0 unspecified atom stereocenters. The van der Waals surface area contributed by atoms with Gasteiger partial charge >= 0.3 is 0 Å². The van der Waals surface area contributed by atoms with Crippen molar-refractivity contribution < 1.29 is 18.3 Å². The van der Waals surface area contributed by atoms with Crippen LogP contribution in [0.25, 0.3) is 33.5 Å². The molecule has 0 aliphatic rings. The Morgan fingerprint density at radius 3 is 2.62 bits per heavy atom. The van der Waals surface area contributed by atoms with Gasteiger partial charge in [0.05, 0.1) is 27.8 Å². The molecule has 0 fully saturated rings. The van der Waals surface area contributed by atoms with E-state index in [1.54, 1.807) is 48.7 Å². The molecule has 0 saturated carbocycles. The Labute approximate surface area is 241 Å². The van der Waals surface area contributed by atoms with Crippen LogP contribution in [0.5, 0.6) is 11.5 Å². The van der Waals surface area contributed by atoms with E-state index >= 15 is 0 Å². The highest BCUT2D eigenvalue weighted by Gasteiger charge is 2.17. The lowest BCUT2D eigenvalue weighted by Crippen LogP contribution is -2.20. The maximum atomic E-state index is 14.1. The maximum Gasteiger partial charge on any atom is 0.282 e. The van der Waals surface area contributed by atoms with Crippen LogP contribution in [-0.4, -0.2) is 23.0 Å². The van der Waals surface area contributed by atoms with Gasteiger partial charge in [0.15, 0.2) is 17.3 Å². The normalized spacial score (nSPS) is 11.5. The summed E-state index contributed by atoms with van der Waals surface area (Å²) in [5.74, 6) is 1.30. The molecule has 40 heavy (non-hydrogen) atoms. The zero-order valence-corrected chi connectivity index (χ0v) is 23.3. The van der Waals surface area contributed by atoms with Crippen molar-refractivity contribution in [1.29, 1.82) is 0 Å². The van der Waals surface area contributed by atoms with E-state index in [2.05, 4.69) is 27.7 Å². The van der Waals surface area contributed by atoms with Crippen LogP contribution in [0.15, 0.2) is 105 Å². The smallest absolute Gasteiger partial charge is 0.282 e. The van der Waals surface area contributed by atoms with E-state index in [1.165, 1.54) is 17.9 Å². The van der Waals surface area contributed by atoms with Crippen molar-refractivity contribution >= 4 is 50.7 Å². The molecule has 0 amide bonds. The number of fused-ring (bicyclic) bond motifs is 2. The fourth-order valence-corrected chi connectivity index (χ4v) is 5.11. The number of halogens is 2. The van der Waals surface area contributed by atoms with Crippen molar-refractivity contribution in [2.24, 2.45) is 5.10 Å². The minimum Gasteiger partial charge on any atom is -0.493 e. The molecule has 6 aromatic rings. The molecule has 0 aliphatic carbocycles. The highest BCUT2D eigenvalue weighted by Crippen LogP contribution is 2.34. The Hall–Kier alpha value is -4.51. The van der Waals surface area contributed by atoms with Crippen molar-refractivity contribution in [3.05, 3.63) is 122 Å². The molecule has 6 rings (SSSR count). The van der Waals surface area contributed by atoms with Gasteiger partial charge in [-0.15, -0.1) is 0 Å². The first-order valence-electron chi connectivity index (χ1n) is 12.3. The van der Waals surface area contributed by atoms with Crippen LogP contribution in [0.3, 0.4) is 0 Å². The first-order chi connectivity index (χ1) is 19.5. The van der Waals surface area contributed by atoms with Gasteiger partial charge in [-0.2, -0.15) is 9.78 Å². The number of nitrogens with zero attached hydrogens (tertiary/aromatic N) is 3. The molecule has 198 valence electrons. The average Bonchev–Trinajstić information content (AvgIpc) is 3.41. The largest absolute Gasteiger partial charge is 0.493 e. The zero-order chi connectivity index (χ0) is 27.6. The Morgan fingerprint density at radius 2 is 1.80 bits per heavy atom. The van der Waals surface area contributed by atoms with Gasteiger partial charge in [0, 0.05) is 10.9 Å². The highest BCUT2D eigenvalue weighted by molar-refractivity contribution is 14.1. The molecule has 0 bridgehead atoms. The molecule has 0 aliphatic heterocycles. The number of aromatic nitrogens is 2. The summed E-state index contributed by atoms with van der Waals surface area (Å²) < 4.78 is 33.6. The zero-order valence-electron chi connectivity index (χ0n) is 21.2. The fraction of sp³-hybridized carbons (Fsp3) is 0.0645. The molecular formula is C31H21FIN3O4. The number of hydrogen-bond acceptors (Lipinski definition) is 6. The first kappa shape index (κ1) is 25.8. The Balaban J connectivity index is 1.40. The monoisotopic (exact) mass is 645 g/mol. The van der Waals surface area contributed by atoms with E-state index in [0.29, 0.717) is 44.9 Å². The fourth-order valence-electron chi connectivity index (χ4n) is 4.33. The van der Waals surface area contributed by atoms with E-state index in [0.717, 1.165) is 8.96 Å². The number of hydrogen-bond donors (Lipinski definition) is 0. The van der Waals surface area contributed by atoms with Crippen LogP contribution in [0.2, 0.25) is 0 Å². The molecule has 0 radical (unpaired) electrons. The summed E-state index contributed by atoms with van der Waals surface area (Å²) in [5, 5.41) is 5.85. The lowest BCUT2D eigenvalue weighted by Gasteiger charge is -2.14. The summed E-state index contributed by atoms with van der Waals surface area (Å²) in [5.41, 5.74) is 1.99. The van der Waals surface area contributed by atoms with E-state index in [4.69, 9.17) is 18.9 Å². The number of rotatable bonds is 7. The summed E-state index contributed by atoms with van der Waals surface area (Å²) in [7, 11) is 1.53. The average molecular weight is 645 g/mol. The summed E-state index contributed by atoms with van der Waals surface area (Å²) in [6.45, 7) is 0.0471.